The number of rotatable bonds is 5. The van der Waals surface area contributed by atoms with E-state index in [0.717, 1.165) is 12.3 Å². The van der Waals surface area contributed by atoms with E-state index in [1.54, 1.807) is 0 Å². The van der Waals surface area contributed by atoms with Crippen LogP contribution in [0.1, 0.15) is 57.2 Å². The number of alkyl halides is 3. The van der Waals surface area contributed by atoms with Gasteiger partial charge >= 0.3 is 6.18 Å². The molecular formula is C22H16Cl2F3N3O4. The molecule has 34 heavy (non-hydrogen) atoms. The van der Waals surface area contributed by atoms with Gasteiger partial charge in [-0.15, -0.1) is 0 Å². The van der Waals surface area contributed by atoms with Crippen molar-refractivity contribution in [1.29, 1.82) is 0 Å². The Morgan fingerprint density at radius 1 is 1.21 bits per heavy atom. The molecule has 1 aromatic carbocycles. The summed E-state index contributed by atoms with van der Waals surface area (Å²) < 4.78 is 41.3. The van der Waals surface area contributed by atoms with Crippen LogP contribution in [0.3, 0.4) is 0 Å². The Balaban J connectivity index is 1.56. The van der Waals surface area contributed by atoms with Gasteiger partial charge in [0.1, 0.15) is 12.0 Å². The summed E-state index contributed by atoms with van der Waals surface area (Å²) in [6, 6.07) is 4.26. The summed E-state index contributed by atoms with van der Waals surface area (Å²) in [6.45, 7) is -0.00513. The SMILES string of the molecule is O=C1CC[C@H](N2Cc3cc(C(=O)C[C@H](c4ncc(Cl)cc4Cl)C(F)(F)F)ccc3C2=O)C(=O)N1. The maximum absolute atomic E-state index is 13.8. The molecule has 0 radical (unpaired) electrons. The van der Waals surface area contributed by atoms with Gasteiger partial charge in [-0.1, -0.05) is 29.3 Å². The molecule has 1 aromatic heterocycles. The lowest BCUT2D eigenvalue weighted by Gasteiger charge is -2.29. The van der Waals surface area contributed by atoms with Crippen molar-refractivity contribution in [2.45, 2.75) is 43.9 Å². The van der Waals surface area contributed by atoms with E-state index in [9.17, 15) is 32.3 Å². The second-order valence-corrected chi connectivity index (χ2v) is 8.86. The van der Waals surface area contributed by atoms with Crippen LogP contribution in [-0.2, 0) is 16.1 Å². The number of carbonyl (C=O) groups is 4. The minimum Gasteiger partial charge on any atom is -0.322 e. The van der Waals surface area contributed by atoms with Crippen molar-refractivity contribution in [2.24, 2.45) is 0 Å². The number of benzene rings is 1. The van der Waals surface area contributed by atoms with E-state index in [4.69, 9.17) is 23.2 Å². The van der Waals surface area contributed by atoms with Crippen LogP contribution < -0.4 is 5.32 Å². The quantitative estimate of drug-likeness (QED) is 0.480. The molecule has 12 heteroatoms. The summed E-state index contributed by atoms with van der Waals surface area (Å²) in [4.78, 5) is 54.1. The smallest absolute Gasteiger partial charge is 0.322 e. The van der Waals surface area contributed by atoms with Crippen LogP contribution in [0.15, 0.2) is 30.5 Å². The lowest BCUT2D eigenvalue weighted by Crippen LogP contribution is -2.52. The molecule has 0 saturated carbocycles. The molecule has 7 nitrogen and oxygen atoms in total. The molecule has 178 valence electrons. The highest BCUT2D eigenvalue weighted by molar-refractivity contribution is 6.34. The lowest BCUT2D eigenvalue weighted by molar-refractivity contribution is -0.150. The predicted molar refractivity (Wildman–Crippen MR) is 114 cm³/mol. The van der Waals surface area contributed by atoms with Crippen molar-refractivity contribution < 1.29 is 32.3 Å². The number of nitrogens with zero attached hydrogens (tertiary/aromatic N) is 2. The minimum atomic E-state index is -4.80. The monoisotopic (exact) mass is 513 g/mol. The minimum absolute atomic E-state index is 0.00513. The molecule has 1 fully saturated rings. The Labute approximate surface area is 201 Å². The van der Waals surface area contributed by atoms with Crippen molar-refractivity contribution in [1.82, 2.24) is 15.2 Å². The second kappa shape index (κ2) is 8.99. The number of carbonyl (C=O) groups excluding carboxylic acids is 4. The average molecular weight is 514 g/mol. The number of nitrogens with one attached hydrogen (secondary N) is 1. The first kappa shape index (κ1) is 24.2. The number of Topliss-reactive ketones (excluding diaryl/α,β-unsaturated/α-hetero) is 1. The first-order valence-electron chi connectivity index (χ1n) is 10.1. The van der Waals surface area contributed by atoms with Crippen LogP contribution in [0.2, 0.25) is 10.0 Å². The fourth-order valence-corrected chi connectivity index (χ4v) is 4.61. The molecule has 2 aliphatic rings. The summed E-state index contributed by atoms with van der Waals surface area (Å²) in [7, 11) is 0. The number of hydrogen-bond donors (Lipinski definition) is 1. The van der Waals surface area contributed by atoms with Gasteiger partial charge < -0.3 is 4.90 Å². The predicted octanol–water partition coefficient (Wildman–Crippen LogP) is 4.07. The maximum Gasteiger partial charge on any atom is 0.397 e. The number of pyridine rings is 1. The third kappa shape index (κ3) is 4.65. The average Bonchev–Trinajstić information content (AvgIpc) is 3.07. The number of hydrogen-bond acceptors (Lipinski definition) is 5. The van der Waals surface area contributed by atoms with E-state index < -0.39 is 53.8 Å². The molecule has 0 unspecified atom stereocenters. The molecule has 2 atom stereocenters. The van der Waals surface area contributed by atoms with E-state index in [2.05, 4.69) is 10.3 Å². The van der Waals surface area contributed by atoms with Crippen LogP contribution in [0.4, 0.5) is 13.2 Å². The zero-order valence-corrected chi connectivity index (χ0v) is 18.8. The van der Waals surface area contributed by atoms with E-state index in [1.165, 1.54) is 23.1 Å². The normalized spacial score (nSPS) is 19.1. The third-order valence-electron chi connectivity index (χ3n) is 5.80. The molecular weight excluding hydrogens is 498 g/mol. The van der Waals surface area contributed by atoms with Gasteiger partial charge in [0.25, 0.3) is 5.91 Å². The standard InChI is InChI=1S/C22H16Cl2F3N3O4/c23-12-6-15(24)19(28-8-12)14(22(25,26)27)7-17(31)10-1-2-13-11(5-10)9-30(21(13)34)16-3-4-18(32)29-20(16)33/h1-2,5-6,8,14,16H,3-4,7,9H2,(H,29,32,33)/t14-,16+/m1/s1. The van der Waals surface area contributed by atoms with Gasteiger partial charge in [0.05, 0.1) is 15.7 Å². The highest BCUT2D eigenvalue weighted by Crippen LogP contribution is 2.41. The fraction of sp³-hybridized carbons (Fsp3) is 0.318. The number of aromatic nitrogens is 1. The van der Waals surface area contributed by atoms with E-state index in [1.807, 2.05) is 0 Å². The Hall–Kier alpha value is -2.98. The summed E-state index contributed by atoms with van der Waals surface area (Å²) in [6.07, 6.45) is -4.47. The molecule has 3 amide bonds. The largest absolute Gasteiger partial charge is 0.397 e. The number of fused-ring (bicyclic) bond motifs is 1. The second-order valence-electron chi connectivity index (χ2n) is 8.01. The van der Waals surface area contributed by atoms with Crippen molar-refractivity contribution in [3.8, 4) is 0 Å². The van der Waals surface area contributed by atoms with Crippen molar-refractivity contribution in [3.05, 3.63) is 62.9 Å². The van der Waals surface area contributed by atoms with Crippen molar-refractivity contribution in [2.75, 3.05) is 0 Å². The van der Waals surface area contributed by atoms with Crippen LogP contribution in [0.25, 0.3) is 0 Å². The molecule has 3 heterocycles. The molecule has 2 aliphatic heterocycles. The number of piperidine rings is 1. The van der Waals surface area contributed by atoms with Gasteiger partial charge in [-0.2, -0.15) is 13.2 Å². The summed E-state index contributed by atoms with van der Waals surface area (Å²) >= 11 is 11.6. The molecule has 0 spiro atoms. The zero-order valence-electron chi connectivity index (χ0n) is 17.3. The van der Waals surface area contributed by atoms with Gasteiger partial charge in [0.2, 0.25) is 11.8 Å². The van der Waals surface area contributed by atoms with Crippen LogP contribution in [-0.4, -0.2) is 45.6 Å². The first-order valence-corrected chi connectivity index (χ1v) is 10.9. The molecule has 4 rings (SSSR count). The van der Waals surface area contributed by atoms with Crippen LogP contribution >= 0.6 is 23.2 Å². The van der Waals surface area contributed by atoms with E-state index in [0.29, 0.717) is 5.56 Å². The van der Waals surface area contributed by atoms with Gasteiger partial charge in [-0.25, -0.2) is 0 Å². The molecule has 0 bridgehead atoms. The number of imide groups is 1. The summed E-state index contributed by atoms with van der Waals surface area (Å²) in [5.41, 5.74) is 0.131. The van der Waals surface area contributed by atoms with Gasteiger partial charge in [-0.05, 0) is 30.2 Å². The Kier molecular flexibility index (Phi) is 6.39. The van der Waals surface area contributed by atoms with Crippen molar-refractivity contribution in [3.63, 3.8) is 0 Å². The highest BCUT2D eigenvalue weighted by Gasteiger charge is 2.44. The summed E-state index contributed by atoms with van der Waals surface area (Å²) in [5, 5.41) is 1.94. The highest BCUT2D eigenvalue weighted by atomic mass is 35.5. The Bertz CT molecular complexity index is 1220. The maximum atomic E-state index is 13.8. The number of amides is 3. The van der Waals surface area contributed by atoms with Crippen molar-refractivity contribution >= 4 is 46.7 Å². The molecule has 1 N–H and O–H groups in total. The molecule has 2 aromatic rings. The Morgan fingerprint density at radius 3 is 2.59 bits per heavy atom. The fourth-order valence-electron chi connectivity index (χ4n) is 4.10. The van der Waals surface area contributed by atoms with Crippen LogP contribution in [0.5, 0.6) is 0 Å². The van der Waals surface area contributed by atoms with Gasteiger partial charge in [0, 0.05) is 36.7 Å². The number of halogens is 5. The topological polar surface area (TPSA) is 96.4 Å². The molecule has 1 saturated heterocycles. The van der Waals surface area contributed by atoms with Crippen LogP contribution in [0, 0.1) is 0 Å². The van der Waals surface area contributed by atoms with E-state index >= 15 is 0 Å². The van der Waals surface area contributed by atoms with E-state index in [-0.39, 0.29) is 40.6 Å². The van der Waals surface area contributed by atoms with Gasteiger partial charge in [0.15, 0.2) is 5.78 Å². The third-order valence-corrected chi connectivity index (χ3v) is 6.31. The van der Waals surface area contributed by atoms with Gasteiger partial charge in [-0.3, -0.25) is 29.5 Å². The molecule has 0 aliphatic carbocycles. The number of ketones is 1. The Morgan fingerprint density at radius 2 is 1.94 bits per heavy atom. The summed E-state index contributed by atoms with van der Waals surface area (Å²) in [5.74, 6) is -4.53. The zero-order chi connectivity index (χ0) is 24.8. The lowest BCUT2D eigenvalue weighted by atomic mass is 9.93. The first-order chi connectivity index (χ1) is 16.0.